The first-order chi connectivity index (χ1) is 13.2. The molecule has 1 fully saturated rings. The minimum atomic E-state index is -1.29. The monoisotopic (exact) mass is 382 g/mol. The summed E-state index contributed by atoms with van der Waals surface area (Å²) in [5.74, 6) is -1.29. The van der Waals surface area contributed by atoms with Gasteiger partial charge in [-0.1, -0.05) is 36.4 Å². The second-order valence-electron chi connectivity index (χ2n) is 7.18. The van der Waals surface area contributed by atoms with Crippen LogP contribution >= 0.6 is 0 Å². The molecule has 0 radical (unpaired) electrons. The Balaban J connectivity index is 1.78. The van der Waals surface area contributed by atoms with Gasteiger partial charge in [-0.3, -0.25) is 19.8 Å². The number of urea groups is 2. The van der Waals surface area contributed by atoms with Crippen LogP contribution < -0.4 is 16.0 Å². The summed E-state index contributed by atoms with van der Waals surface area (Å²) in [4.78, 5) is 49.8. The third-order valence-corrected chi connectivity index (χ3v) is 4.58. The molecule has 2 aromatic rings. The van der Waals surface area contributed by atoms with Gasteiger partial charge in [0.15, 0.2) is 0 Å². The van der Waals surface area contributed by atoms with Crippen molar-refractivity contribution in [3.8, 4) is 0 Å². The van der Waals surface area contributed by atoms with E-state index in [1.165, 1.54) is 0 Å². The number of carbonyl (C=O) groups is 4. The van der Waals surface area contributed by atoms with Gasteiger partial charge in [0.1, 0.15) is 12.1 Å². The molecular weight excluding hydrogens is 360 g/mol. The molecule has 0 aromatic heterocycles. The summed E-state index contributed by atoms with van der Waals surface area (Å²) in [6.07, 6.45) is 0. The standard InChI is InChI=1S/C20H22N4O4/c1-12(2)21-18(27)22-16(25)11-24-17(26)20(3,23-19(24)28)15-9-8-13-6-4-5-7-14(13)10-15/h4-10,12H,11H2,1-3H3,(H,23,28)(H2,21,22,25,27)/t20-/m0/s1. The zero-order valence-corrected chi connectivity index (χ0v) is 15.9. The van der Waals surface area contributed by atoms with Gasteiger partial charge >= 0.3 is 12.1 Å². The van der Waals surface area contributed by atoms with Gasteiger partial charge in [0.2, 0.25) is 5.91 Å². The third-order valence-electron chi connectivity index (χ3n) is 4.58. The molecule has 28 heavy (non-hydrogen) atoms. The van der Waals surface area contributed by atoms with E-state index < -0.39 is 36.0 Å². The van der Waals surface area contributed by atoms with Crippen molar-refractivity contribution in [2.45, 2.75) is 32.4 Å². The number of nitrogens with zero attached hydrogens (tertiary/aromatic N) is 1. The van der Waals surface area contributed by atoms with Gasteiger partial charge < -0.3 is 10.6 Å². The summed E-state index contributed by atoms with van der Waals surface area (Å²) in [7, 11) is 0. The summed E-state index contributed by atoms with van der Waals surface area (Å²) in [5, 5.41) is 9.22. The van der Waals surface area contributed by atoms with Crippen molar-refractivity contribution in [2.75, 3.05) is 6.54 Å². The molecule has 0 bridgehead atoms. The van der Waals surface area contributed by atoms with E-state index in [1.54, 1.807) is 26.8 Å². The highest BCUT2D eigenvalue weighted by Crippen LogP contribution is 2.30. The van der Waals surface area contributed by atoms with Crippen LogP contribution in [-0.4, -0.2) is 41.4 Å². The quantitative estimate of drug-likeness (QED) is 0.701. The molecule has 3 N–H and O–H groups in total. The number of rotatable bonds is 4. The number of hydrogen-bond acceptors (Lipinski definition) is 4. The van der Waals surface area contributed by atoms with Crippen molar-refractivity contribution in [3.63, 3.8) is 0 Å². The van der Waals surface area contributed by atoms with Gasteiger partial charge in [-0.2, -0.15) is 0 Å². The van der Waals surface area contributed by atoms with E-state index in [0.717, 1.165) is 15.7 Å². The van der Waals surface area contributed by atoms with Crippen LogP contribution in [0, 0.1) is 0 Å². The Labute approximate surface area is 162 Å². The Morgan fingerprint density at radius 2 is 1.79 bits per heavy atom. The lowest BCUT2D eigenvalue weighted by Crippen LogP contribution is -2.48. The van der Waals surface area contributed by atoms with Crippen molar-refractivity contribution in [2.24, 2.45) is 0 Å². The molecular formula is C20H22N4O4. The number of carbonyl (C=O) groups excluding carboxylic acids is 4. The summed E-state index contributed by atoms with van der Waals surface area (Å²) in [6.45, 7) is 4.55. The van der Waals surface area contributed by atoms with E-state index in [-0.39, 0.29) is 6.04 Å². The molecule has 1 heterocycles. The number of hydrogen-bond donors (Lipinski definition) is 3. The van der Waals surface area contributed by atoms with Gasteiger partial charge in [0.05, 0.1) is 0 Å². The molecule has 0 aliphatic carbocycles. The number of nitrogens with one attached hydrogen (secondary N) is 3. The van der Waals surface area contributed by atoms with Crippen LogP contribution in [0.1, 0.15) is 26.3 Å². The number of benzene rings is 2. The maximum absolute atomic E-state index is 12.9. The van der Waals surface area contributed by atoms with Crippen molar-refractivity contribution in [1.82, 2.24) is 20.9 Å². The van der Waals surface area contributed by atoms with Crippen LogP contribution in [-0.2, 0) is 15.1 Å². The van der Waals surface area contributed by atoms with Gasteiger partial charge in [0, 0.05) is 6.04 Å². The lowest BCUT2D eigenvalue weighted by Gasteiger charge is -2.22. The van der Waals surface area contributed by atoms with Crippen molar-refractivity contribution in [3.05, 3.63) is 48.0 Å². The summed E-state index contributed by atoms with van der Waals surface area (Å²) >= 11 is 0. The molecule has 1 atom stereocenters. The Bertz CT molecular complexity index is 972. The van der Waals surface area contributed by atoms with E-state index in [2.05, 4.69) is 16.0 Å². The average molecular weight is 382 g/mol. The Kier molecular flexibility index (Phi) is 5.04. The molecule has 1 aliphatic heterocycles. The first-order valence-electron chi connectivity index (χ1n) is 8.94. The van der Waals surface area contributed by atoms with E-state index in [9.17, 15) is 19.2 Å². The number of fused-ring (bicyclic) bond motifs is 1. The molecule has 146 valence electrons. The van der Waals surface area contributed by atoms with E-state index in [4.69, 9.17) is 0 Å². The van der Waals surface area contributed by atoms with Gasteiger partial charge in [-0.25, -0.2) is 9.59 Å². The molecule has 1 aliphatic rings. The summed E-state index contributed by atoms with van der Waals surface area (Å²) in [5.41, 5.74) is -0.674. The lowest BCUT2D eigenvalue weighted by molar-refractivity contribution is -0.134. The van der Waals surface area contributed by atoms with Crippen LogP contribution in [0.4, 0.5) is 9.59 Å². The summed E-state index contributed by atoms with van der Waals surface area (Å²) < 4.78 is 0. The molecule has 2 aromatic carbocycles. The fourth-order valence-corrected chi connectivity index (χ4v) is 3.14. The second-order valence-corrected chi connectivity index (χ2v) is 7.18. The predicted molar refractivity (Wildman–Crippen MR) is 103 cm³/mol. The minimum absolute atomic E-state index is 0.152. The van der Waals surface area contributed by atoms with Crippen molar-refractivity contribution >= 4 is 34.6 Å². The molecule has 0 spiro atoms. The van der Waals surface area contributed by atoms with E-state index in [0.29, 0.717) is 5.56 Å². The molecule has 1 saturated heterocycles. The van der Waals surface area contributed by atoms with Gasteiger partial charge in [-0.05, 0) is 43.2 Å². The second kappa shape index (κ2) is 7.30. The van der Waals surface area contributed by atoms with E-state index in [1.807, 2.05) is 36.4 Å². The van der Waals surface area contributed by atoms with Crippen LogP contribution in [0.25, 0.3) is 10.8 Å². The topological polar surface area (TPSA) is 108 Å². The minimum Gasteiger partial charge on any atom is -0.336 e. The first-order valence-corrected chi connectivity index (χ1v) is 8.94. The zero-order chi connectivity index (χ0) is 20.5. The molecule has 0 unspecified atom stereocenters. The molecule has 3 rings (SSSR count). The maximum atomic E-state index is 12.9. The van der Waals surface area contributed by atoms with Crippen molar-refractivity contribution in [1.29, 1.82) is 0 Å². The normalized spacial score (nSPS) is 19.1. The van der Waals surface area contributed by atoms with Gasteiger partial charge in [-0.15, -0.1) is 0 Å². The lowest BCUT2D eigenvalue weighted by atomic mass is 9.90. The highest BCUT2D eigenvalue weighted by Gasteiger charge is 2.49. The molecule has 8 heteroatoms. The van der Waals surface area contributed by atoms with Crippen LogP contribution in [0.5, 0.6) is 0 Å². The maximum Gasteiger partial charge on any atom is 0.325 e. The van der Waals surface area contributed by atoms with Crippen LogP contribution in [0.15, 0.2) is 42.5 Å². The smallest absolute Gasteiger partial charge is 0.325 e. The predicted octanol–water partition coefficient (Wildman–Crippen LogP) is 1.84. The third kappa shape index (κ3) is 3.66. The number of amides is 6. The van der Waals surface area contributed by atoms with E-state index >= 15 is 0 Å². The fourth-order valence-electron chi connectivity index (χ4n) is 3.14. The Morgan fingerprint density at radius 3 is 2.46 bits per heavy atom. The Hall–Kier alpha value is -3.42. The zero-order valence-electron chi connectivity index (χ0n) is 15.9. The molecule has 6 amide bonds. The summed E-state index contributed by atoms with van der Waals surface area (Å²) in [6, 6.07) is 11.7. The largest absolute Gasteiger partial charge is 0.336 e. The highest BCUT2D eigenvalue weighted by molar-refractivity contribution is 6.10. The Morgan fingerprint density at radius 1 is 1.11 bits per heavy atom. The molecule has 0 saturated carbocycles. The van der Waals surface area contributed by atoms with Gasteiger partial charge in [0.25, 0.3) is 5.91 Å². The number of imide groups is 2. The van der Waals surface area contributed by atoms with Crippen LogP contribution in [0.3, 0.4) is 0 Å². The highest BCUT2D eigenvalue weighted by atomic mass is 16.2. The SMILES string of the molecule is CC(C)NC(=O)NC(=O)CN1C(=O)N[C@@](C)(c2ccc3ccccc3c2)C1=O. The van der Waals surface area contributed by atoms with Crippen molar-refractivity contribution < 1.29 is 19.2 Å². The van der Waals surface area contributed by atoms with Crippen LogP contribution in [0.2, 0.25) is 0 Å². The first kappa shape index (κ1) is 19.3. The average Bonchev–Trinajstić information content (AvgIpc) is 2.84. The fraction of sp³-hybridized carbons (Fsp3) is 0.300. The molecule has 8 nitrogen and oxygen atoms in total.